The average Bonchev–Trinajstić information content (AvgIpc) is 2.50. The Labute approximate surface area is 151 Å². The predicted octanol–water partition coefficient (Wildman–Crippen LogP) is 3.68. The molecule has 0 aliphatic heterocycles. The van der Waals surface area contributed by atoms with E-state index in [-0.39, 0.29) is 10.8 Å². The molecular weight excluding hydrogens is 369 g/mol. The monoisotopic (exact) mass is 385 g/mol. The number of sulfone groups is 1. The predicted molar refractivity (Wildman–Crippen MR) is 96.8 cm³/mol. The Hall–Kier alpha value is -1.56. The number of hydrogen-bond acceptors (Lipinski definition) is 3. The van der Waals surface area contributed by atoms with Gasteiger partial charge in [0.05, 0.1) is 14.9 Å². The fourth-order valence-electron chi connectivity index (χ4n) is 2.22. The summed E-state index contributed by atoms with van der Waals surface area (Å²) in [5.74, 6) is -0.323. The molecule has 0 aromatic heterocycles. The molecule has 0 fully saturated rings. The summed E-state index contributed by atoms with van der Waals surface area (Å²) in [4.78, 5) is 12.4. The highest BCUT2D eigenvalue weighted by atomic mass is 35.5. The van der Waals surface area contributed by atoms with Crippen LogP contribution >= 0.6 is 23.2 Å². The van der Waals surface area contributed by atoms with Crippen molar-refractivity contribution in [2.24, 2.45) is 0 Å². The van der Waals surface area contributed by atoms with Gasteiger partial charge in [0, 0.05) is 18.4 Å². The van der Waals surface area contributed by atoms with E-state index in [0.717, 1.165) is 11.8 Å². The number of halogens is 2. The Morgan fingerprint density at radius 2 is 1.88 bits per heavy atom. The van der Waals surface area contributed by atoms with Crippen molar-refractivity contribution >= 4 is 38.9 Å². The van der Waals surface area contributed by atoms with Crippen LogP contribution < -0.4 is 5.32 Å². The maximum Gasteiger partial charge on any atom is 0.251 e. The summed E-state index contributed by atoms with van der Waals surface area (Å²) >= 11 is 12.1. The number of carbonyl (C=O) groups excluding carboxylic acids is 1. The third-order valence-corrected chi connectivity index (χ3v) is 5.56. The van der Waals surface area contributed by atoms with Crippen molar-refractivity contribution in [3.05, 3.63) is 63.1 Å². The number of nitrogens with one attached hydrogen (secondary N) is 1. The van der Waals surface area contributed by atoms with E-state index in [9.17, 15) is 13.2 Å². The normalized spacial score (nSPS) is 11.3. The lowest BCUT2D eigenvalue weighted by Gasteiger charge is -2.10. The van der Waals surface area contributed by atoms with Gasteiger partial charge in [-0.05, 0) is 42.7 Å². The Bertz CT molecular complexity index is 879. The van der Waals surface area contributed by atoms with Crippen LogP contribution in [0.1, 0.15) is 21.5 Å². The Morgan fingerprint density at radius 1 is 1.17 bits per heavy atom. The van der Waals surface area contributed by atoms with E-state index in [1.165, 1.54) is 12.1 Å². The van der Waals surface area contributed by atoms with Crippen LogP contribution in [0.3, 0.4) is 0 Å². The van der Waals surface area contributed by atoms with E-state index < -0.39 is 9.84 Å². The first-order valence-corrected chi connectivity index (χ1v) is 9.86. The molecule has 2 aromatic carbocycles. The zero-order valence-electron chi connectivity index (χ0n) is 13.3. The molecular formula is C17H17Cl2NO3S. The third kappa shape index (κ3) is 4.50. The quantitative estimate of drug-likeness (QED) is 0.853. The van der Waals surface area contributed by atoms with Crippen LogP contribution in [0.4, 0.5) is 0 Å². The van der Waals surface area contributed by atoms with Crippen molar-refractivity contribution in [3.63, 3.8) is 0 Å². The second kappa shape index (κ2) is 7.55. The zero-order chi connectivity index (χ0) is 17.9. The number of hydrogen-bond donors (Lipinski definition) is 1. The summed E-state index contributed by atoms with van der Waals surface area (Å²) in [7, 11) is -3.36. The molecule has 0 aliphatic carbocycles. The molecule has 1 amide bonds. The molecule has 0 atom stereocenters. The number of aryl methyl sites for hydroxylation is 1. The van der Waals surface area contributed by atoms with E-state index in [1.54, 1.807) is 25.1 Å². The van der Waals surface area contributed by atoms with Gasteiger partial charge in [0.2, 0.25) is 0 Å². The Morgan fingerprint density at radius 3 is 2.54 bits per heavy atom. The van der Waals surface area contributed by atoms with E-state index in [0.29, 0.717) is 34.1 Å². The van der Waals surface area contributed by atoms with Crippen molar-refractivity contribution in [1.82, 2.24) is 5.32 Å². The van der Waals surface area contributed by atoms with Crippen LogP contribution in [0.15, 0.2) is 41.3 Å². The molecule has 0 radical (unpaired) electrons. The van der Waals surface area contributed by atoms with Crippen molar-refractivity contribution in [2.45, 2.75) is 18.2 Å². The smallest absolute Gasteiger partial charge is 0.251 e. The molecule has 2 rings (SSSR count). The largest absolute Gasteiger partial charge is 0.352 e. The Kier molecular flexibility index (Phi) is 5.91. The maximum absolute atomic E-state index is 12.3. The standard InChI is InChI=1S/C17H17Cl2NO3S/c1-11-6-7-13(24(2,22)23)10-14(11)17(21)20-9-8-12-4-3-5-15(18)16(12)19/h3-7,10H,8-9H2,1-2H3,(H,20,21). The molecule has 0 saturated carbocycles. The van der Waals surface area contributed by atoms with Crippen LogP contribution in [0.5, 0.6) is 0 Å². The van der Waals surface area contributed by atoms with Crippen LogP contribution in [0.25, 0.3) is 0 Å². The van der Waals surface area contributed by atoms with Gasteiger partial charge in [-0.3, -0.25) is 4.79 Å². The minimum absolute atomic E-state index is 0.121. The van der Waals surface area contributed by atoms with Gasteiger partial charge in [0.15, 0.2) is 9.84 Å². The van der Waals surface area contributed by atoms with Crippen LogP contribution in [-0.4, -0.2) is 27.1 Å². The molecule has 2 aromatic rings. The highest BCUT2D eigenvalue weighted by Gasteiger charge is 2.14. The lowest BCUT2D eigenvalue weighted by atomic mass is 10.1. The summed E-state index contributed by atoms with van der Waals surface area (Å²) in [6.45, 7) is 2.12. The first kappa shape index (κ1) is 18.8. The van der Waals surface area contributed by atoms with Gasteiger partial charge in [-0.15, -0.1) is 0 Å². The number of carbonyl (C=O) groups is 1. The minimum Gasteiger partial charge on any atom is -0.352 e. The van der Waals surface area contributed by atoms with Crippen molar-refractivity contribution < 1.29 is 13.2 Å². The Balaban J connectivity index is 2.09. The first-order valence-electron chi connectivity index (χ1n) is 7.22. The molecule has 0 spiro atoms. The second-order valence-corrected chi connectivity index (χ2v) is 8.27. The van der Waals surface area contributed by atoms with Gasteiger partial charge < -0.3 is 5.32 Å². The summed E-state index contributed by atoms with van der Waals surface area (Å²) < 4.78 is 23.3. The number of benzene rings is 2. The molecule has 128 valence electrons. The van der Waals surface area contributed by atoms with Crippen LogP contribution in [0.2, 0.25) is 10.0 Å². The van der Waals surface area contributed by atoms with Crippen molar-refractivity contribution in [3.8, 4) is 0 Å². The van der Waals surface area contributed by atoms with E-state index in [4.69, 9.17) is 23.2 Å². The fourth-order valence-corrected chi connectivity index (χ4v) is 3.29. The van der Waals surface area contributed by atoms with Crippen molar-refractivity contribution in [2.75, 3.05) is 12.8 Å². The van der Waals surface area contributed by atoms with Gasteiger partial charge in [0.1, 0.15) is 0 Å². The van der Waals surface area contributed by atoms with Gasteiger partial charge in [-0.25, -0.2) is 8.42 Å². The van der Waals surface area contributed by atoms with E-state index in [1.807, 2.05) is 6.07 Å². The lowest BCUT2D eigenvalue weighted by Crippen LogP contribution is -2.26. The lowest BCUT2D eigenvalue weighted by molar-refractivity contribution is 0.0953. The highest BCUT2D eigenvalue weighted by Crippen LogP contribution is 2.25. The number of rotatable bonds is 5. The summed E-state index contributed by atoms with van der Waals surface area (Å²) in [5.41, 5.74) is 1.89. The number of amides is 1. The summed E-state index contributed by atoms with van der Waals surface area (Å²) in [5, 5.41) is 3.72. The van der Waals surface area contributed by atoms with Gasteiger partial charge in [-0.2, -0.15) is 0 Å². The molecule has 24 heavy (non-hydrogen) atoms. The summed E-state index contributed by atoms with van der Waals surface area (Å²) in [6, 6.07) is 9.85. The van der Waals surface area contributed by atoms with Gasteiger partial charge >= 0.3 is 0 Å². The topological polar surface area (TPSA) is 63.2 Å². The molecule has 1 N–H and O–H groups in total. The van der Waals surface area contributed by atoms with E-state index in [2.05, 4.69) is 5.32 Å². The second-order valence-electron chi connectivity index (χ2n) is 5.47. The summed E-state index contributed by atoms with van der Waals surface area (Å²) in [6.07, 6.45) is 1.64. The molecule has 0 unspecified atom stereocenters. The van der Waals surface area contributed by atoms with Crippen molar-refractivity contribution in [1.29, 1.82) is 0 Å². The molecule has 7 heteroatoms. The van der Waals surface area contributed by atoms with E-state index >= 15 is 0 Å². The first-order chi connectivity index (χ1) is 11.2. The highest BCUT2D eigenvalue weighted by molar-refractivity contribution is 7.90. The average molecular weight is 386 g/mol. The molecule has 0 heterocycles. The van der Waals surface area contributed by atoms with Gasteiger partial charge in [-0.1, -0.05) is 41.4 Å². The van der Waals surface area contributed by atoms with Crippen LogP contribution in [0, 0.1) is 6.92 Å². The molecule has 0 bridgehead atoms. The zero-order valence-corrected chi connectivity index (χ0v) is 15.6. The SMILES string of the molecule is Cc1ccc(S(C)(=O)=O)cc1C(=O)NCCc1cccc(Cl)c1Cl. The third-order valence-electron chi connectivity index (χ3n) is 3.59. The fraction of sp³-hybridized carbons (Fsp3) is 0.235. The minimum atomic E-state index is -3.36. The molecule has 0 saturated heterocycles. The maximum atomic E-state index is 12.3. The molecule has 4 nitrogen and oxygen atoms in total. The van der Waals surface area contributed by atoms with Gasteiger partial charge in [0.25, 0.3) is 5.91 Å². The molecule has 0 aliphatic rings. The van der Waals surface area contributed by atoms with Crippen LogP contribution in [-0.2, 0) is 16.3 Å².